The van der Waals surface area contributed by atoms with Gasteiger partial charge in [0.1, 0.15) is 5.60 Å². The highest BCUT2D eigenvalue weighted by molar-refractivity contribution is 4.93. The van der Waals surface area contributed by atoms with Gasteiger partial charge in [-0.05, 0) is 19.3 Å². The molecule has 0 aromatic rings. The van der Waals surface area contributed by atoms with Crippen LogP contribution in [0.15, 0.2) is 0 Å². The summed E-state index contributed by atoms with van der Waals surface area (Å²) in [5, 5.41) is 33.6. The van der Waals surface area contributed by atoms with Crippen molar-refractivity contribution in [1.29, 1.82) is 0 Å². The quantitative estimate of drug-likeness (QED) is 0.0873. The highest BCUT2D eigenvalue weighted by Gasteiger charge is 2.41. The van der Waals surface area contributed by atoms with Gasteiger partial charge in [0.25, 0.3) is 0 Å². The molecule has 0 bridgehead atoms. The topological polar surface area (TPSA) is 60.7 Å². The van der Waals surface area contributed by atoms with Gasteiger partial charge in [-0.1, -0.05) is 175 Å². The molecule has 0 spiro atoms. The summed E-state index contributed by atoms with van der Waals surface area (Å²) in [7, 11) is 0. The normalized spacial score (nSPS) is 15.2. The first-order valence-corrected chi connectivity index (χ1v) is 16.6. The van der Waals surface area contributed by atoms with Gasteiger partial charge in [0.15, 0.2) is 0 Å². The Morgan fingerprint density at radius 3 is 0.944 bits per heavy atom. The Hall–Kier alpha value is -0.120. The van der Waals surface area contributed by atoms with Crippen molar-refractivity contribution < 1.29 is 15.3 Å². The van der Waals surface area contributed by atoms with Gasteiger partial charge in [0.05, 0.1) is 12.2 Å². The van der Waals surface area contributed by atoms with Gasteiger partial charge < -0.3 is 15.3 Å². The Balaban J connectivity index is 4.44. The molecule has 0 rings (SSSR count). The molecule has 0 amide bonds. The second kappa shape index (κ2) is 26.5. The maximum absolute atomic E-state index is 11.5. The van der Waals surface area contributed by atoms with Crippen LogP contribution in [-0.4, -0.2) is 33.1 Å². The van der Waals surface area contributed by atoms with E-state index in [2.05, 4.69) is 20.8 Å². The molecule has 3 N–H and O–H groups in total. The Labute approximate surface area is 227 Å². The zero-order valence-electron chi connectivity index (χ0n) is 25.1. The maximum atomic E-state index is 11.5. The molecular weight excluding hydrogens is 444 g/mol. The lowest BCUT2D eigenvalue weighted by Crippen LogP contribution is -2.52. The predicted octanol–water partition coefficient (Wildman–Crippen LogP) is 10.0. The van der Waals surface area contributed by atoms with Crippen LogP contribution in [0.1, 0.15) is 194 Å². The summed E-state index contributed by atoms with van der Waals surface area (Å²) in [6.45, 7) is 6.75. The van der Waals surface area contributed by atoms with Gasteiger partial charge in [0, 0.05) is 0 Å². The van der Waals surface area contributed by atoms with Crippen molar-refractivity contribution in [2.45, 2.75) is 212 Å². The maximum Gasteiger partial charge on any atom is 0.116 e. The van der Waals surface area contributed by atoms with Crippen LogP contribution in [0.3, 0.4) is 0 Å². The van der Waals surface area contributed by atoms with E-state index in [-0.39, 0.29) is 0 Å². The molecule has 0 saturated carbocycles. The number of aliphatic hydroxyl groups excluding tert-OH is 2. The minimum absolute atomic E-state index is 0.526. The van der Waals surface area contributed by atoms with E-state index >= 15 is 0 Å². The van der Waals surface area contributed by atoms with Crippen molar-refractivity contribution in [2.24, 2.45) is 0 Å². The molecule has 0 fully saturated rings. The number of aliphatic hydroxyl groups is 3. The first-order chi connectivity index (χ1) is 17.5. The molecule has 36 heavy (non-hydrogen) atoms. The summed E-state index contributed by atoms with van der Waals surface area (Å²) in [6, 6.07) is 0. The van der Waals surface area contributed by atoms with Crippen molar-refractivity contribution in [2.75, 3.05) is 0 Å². The van der Waals surface area contributed by atoms with E-state index in [1.54, 1.807) is 0 Å². The highest BCUT2D eigenvalue weighted by Crippen LogP contribution is 2.30. The highest BCUT2D eigenvalue weighted by atomic mass is 16.4. The predicted molar refractivity (Wildman–Crippen MR) is 159 cm³/mol. The molecule has 0 aliphatic heterocycles. The molecule has 3 unspecified atom stereocenters. The first kappa shape index (κ1) is 35.9. The standard InChI is InChI=1S/C33H68O3/c1-4-7-10-13-16-18-21-24-27-30-33(36,31(34)28-25-22-19-15-12-9-6-3)32(35)29-26-23-20-17-14-11-8-5-2/h31-32,34-36H,4-30H2,1-3H3. The van der Waals surface area contributed by atoms with Crippen molar-refractivity contribution in [3.63, 3.8) is 0 Å². The van der Waals surface area contributed by atoms with Gasteiger partial charge in [-0.3, -0.25) is 0 Å². The van der Waals surface area contributed by atoms with Crippen molar-refractivity contribution >= 4 is 0 Å². The lowest BCUT2D eigenvalue weighted by atomic mass is 9.80. The molecule has 0 aromatic heterocycles. The van der Waals surface area contributed by atoms with Crippen LogP contribution in [0.2, 0.25) is 0 Å². The molecule has 0 aliphatic rings. The molecule has 0 heterocycles. The zero-order valence-corrected chi connectivity index (χ0v) is 25.1. The smallest absolute Gasteiger partial charge is 0.116 e. The summed E-state index contributed by atoms with van der Waals surface area (Å²) in [4.78, 5) is 0. The van der Waals surface area contributed by atoms with Gasteiger partial charge in [-0.25, -0.2) is 0 Å². The molecule has 0 saturated heterocycles. The van der Waals surface area contributed by atoms with E-state index in [0.717, 1.165) is 38.5 Å². The molecule has 3 atom stereocenters. The average molecular weight is 513 g/mol. The number of hydrogen-bond acceptors (Lipinski definition) is 3. The number of hydrogen-bond donors (Lipinski definition) is 3. The first-order valence-electron chi connectivity index (χ1n) is 16.6. The fourth-order valence-corrected chi connectivity index (χ4v) is 5.54. The van der Waals surface area contributed by atoms with Crippen LogP contribution >= 0.6 is 0 Å². The van der Waals surface area contributed by atoms with E-state index in [1.807, 2.05) is 0 Å². The third-order valence-electron chi connectivity index (χ3n) is 8.25. The van der Waals surface area contributed by atoms with E-state index < -0.39 is 17.8 Å². The van der Waals surface area contributed by atoms with Crippen LogP contribution in [-0.2, 0) is 0 Å². The second-order valence-electron chi connectivity index (χ2n) is 11.8. The largest absolute Gasteiger partial charge is 0.390 e. The van der Waals surface area contributed by atoms with Gasteiger partial charge >= 0.3 is 0 Å². The summed E-state index contributed by atoms with van der Waals surface area (Å²) < 4.78 is 0. The fourth-order valence-electron chi connectivity index (χ4n) is 5.54. The van der Waals surface area contributed by atoms with E-state index in [0.29, 0.717) is 19.3 Å². The van der Waals surface area contributed by atoms with Crippen LogP contribution in [0, 0.1) is 0 Å². The van der Waals surface area contributed by atoms with Crippen LogP contribution in [0.5, 0.6) is 0 Å². The van der Waals surface area contributed by atoms with Crippen molar-refractivity contribution in [1.82, 2.24) is 0 Å². The zero-order chi connectivity index (χ0) is 26.7. The summed E-state index contributed by atoms with van der Waals surface area (Å²) in [6.07, 6.45) is 29.5. The van der Waals surface area contributed by atoms with Crippen LogP contribution < -0.4 is 0 Å². The molecular formula is C33H68O3. The minimum Gasteiger partial charge on any atom is -0.390 e. The monoisotopic (exact) mass is 513 g/mol. The summed E-state index contributed by atoms with van der Waals surface area (Å²) in [5.41, 5.74) is -1.34. The SMILES string of the molecule is CCCCCCCCCCCC(O)(C(O)CCCCCCCCC)C(O)CCCCCCCCCC. The Morgan fingerprint density at radius 1 is 0.389 bits per heavy atom. The van der Waals surface area contributed by atoms with E-state index in [9.17, 15) is 15.3 Å². The fraction of sp³-hybridized carbons (Fsp3) is 1.00. The lowest BCUT2D eigenvalue weighted by Gasteiger charge is -2.38. The molecule has 0 aromatic carbocycles. The van der Waals surface area contributed by atoms with Crippen molar-refractivity contribution in [3.8, 4) is 0 Å². The van der Waals surface area contributed by atoms with Crippen LogP contribution in [0.25, 0.3) is 0 Å². The van der Waals surface area contributed by atoms with Gasteiger partial charge in [-0.15, -0.1) is 0 Å². The van der Waals surface area contributed by atoms with E-state index in [1.165, 1.54) is 116 Å². The molecule has 0 radical (unpaired) electrons. The molecule has 3 heteroatoms. The van der Waals surface area contributed by atoms with Gasteiger partial charge in [0.2, 0.25) is 0 Å². The Bertz CT molecular complexity index is 427. The average Bonchev–Trinajstić information content (AvgIpc) is 2.88. The van der Waals surface area contributed by atoms with E-state index in [4.69, 9.17) is 0 Å². The third kappa shape index (κ3) is 19.9. The third-order valence-corrected chi connectivity index (χ3v) is 8.25. The number of rotatable bonds is 29. The molecule has 218 valence electrons. The Morgan fingerprint density at radius 2 is 0.639 bits per heavy atom. The van der Waals surface area contributed by atoms with Crippen LogP contribution in [0.4, 0.5) is 0 Å². The second-order valence-corrected chi connectivity index (χ2v) is 11.8. The van der Waals surface area contributed by atoms with Crippen molar-refractivity contribution in [3.05, 3.63) is 0 Å². The molecule has 3 nitrogen and oxygen atoms in total. The Kier molecular flexibility index (Phi) is 26.4. The van der Waals surface area contributed by atoms with Gasteiger partial charge in [-0.2, -0.15) is 0 Å². The minimum atomic E-state index is -1.34. The number of unbranched alkanes of at least 4 members (excludes halogenated alkanes) is 21. The summed E-state index contributed by atoms with van der Waals surface area (Å²) >= 11 is 0. The lowest BCUT2D eigenvalue weighted by molar-refractivity contribution is -0.156. The summed E-state index contributed by atoms with van der Waals surface area (Å²) in [5.74, 6) is 0. The molecule has 0 aliphatic carbocycles.